The van der Waals surface area contributed by atoms with E-state index in [2.05, 4.69) is 6.58 Å². The maximum atomic E-state index is 12.1. The number of aryl methyl sites for hydroxylation is 1. The molecular weight excluding hydrogens is 214 g/mol. The van der Waals surface area contributed by atoms with Crippen LogP contribution in [0.3, 0.4) is 0 Å². The predicted molar refractivity (Wildman–Crippen MR) is 69.2 cm³/mol. The maximum absolute atomic E-state index is 12.1. The second-order valence-corrected chi connectivity index (χ2v) is 4.28. The largest absolute Gasteiger partial charge is 0.508 e. The Bertz CT molecular complexity index is 438. The minimum Gasteiger partial charge on any atom is -0.508 e. The number of phenolic OH excluding ortho intramolecular Hbond substituents is 1. The Morgan fingerprint density at radius 3 is 2.59 bits per heavy atom. The van der Waals surface area contributed by atoms with E-state index in [1.807, 2.05) is 13.8 Å². The van der Waals surface area contributed by atoms with Crippen molar-refractivity contribution in [2.75, 3.05) is 13.1 Å². The summed E-state index contributed by atoms with van der Waals surface area (Å²) in [6, 6.07) is 4.99. The van der Waals surface area contributed by atoms with Gasteiger partial charge in [-0.25, -0.2) is 0 Å². The fourth-order valence-electron chi connectivity index (χ4n) is 1.58. The van der Waals surface area contributed by atoms with Gasteiger partial charge in [-0.15, -0.1) is 0 Å². The molecule has 0 atom stereocenters. The lowest BCUT2D eigenvalue weighted by atomic mass is 10.1. The third kappa shape index (κ3) is 3.34. The molecule has 0 aliphatic rings. The zero-order valence-corrected chi connectivity index (χ0v) is 10.7. The molecule has 1 rings (SSSR count). The zero-order valence-electron chi connectivity index (χ0n) is 10.7. The number of carbonyl (C=O) groups is 1. The summed E-state index contributed by atoms with van der Waals surface area (Å²) in [5, 5.41) is 9.60. The highest BCUT2D eigenvalue weighted by Gasteiger charge is 2.14. The number of aromatic hydroxyl groups is 1. The highest BCUT2D eigenvalue weighted by atomic mass is 16.3. The molecule has 0 saturated carbocycles. The monoisotopic (exact) mass is 233 g/mol. The van der Waals surface area contributed by atoms with E-state index in [9.17, 15) is 9.90 Å². The average Bonchev–Trinajstić information content (AvgIpc) is 2.28. The van der Waals surface area contributed by atoms with Gasteiger partial charge in [-0.3, -0.25) is 4.79 Å². The van der Waals surface area contributed by atoms with Gasteiger partial charge in [0.1, 0.15) is 5.75 Å². The van der Waals surface area contributed by atoms with Crippen LogP contribution in [-0.4, -0.2) is 29.0 Å². The smallest absolute Gasteiger partial charge is 0.254 e. The van der Waals surface area contributed by atoms with Crippen LogP contribution < -0.4 is 0 Å². The van der Waals surface area contributed by atoms with Crippen LogP contribution in [0.4, 0.5) is 0 Å². The molecule has 0 unspecified atom stereocenters. The van der Waals surface area contributed by atoms with Crippen LogP contribution in [0.5, 0.6) is 5.75 Å². The lowest BCUT2D eigenvalue weighted by Gasteiger charge is -2.21. The number of carbonyl (C=O) groups excluding carboxylic acids is 1. The molecule has 0 bridgehead atoms. The van der Waals surface area contributed by atoms with E-state index in [0.717, 1.165) is 11.1 Å². The van der Waals surface area contributed by atoms with E-state index in [4.69, 9.17) is 0 Å². The maximum Gasteiger partial charge on any atom is 0.254 e. The number of benzene rings is 1. The number of phenols is 1. The summed E-state index contributed by atoms with van der Waals surface area (Å²) < 4.78 is 0. The van der Waals surface area contributed by atoms with Crippen molar-refractivity contribution in [3.63, 3.8) is 0 Å². The molecule has 0 saturated heterocycles. The van der Waals surface area contributed by atoms with Crippen LogP contribution in [0.25, 0.3) is 0 Å². The van der Waals surface area contributed by atoms with Crippen LogP contribution in [-0.2, 0) is 0 Å². The second kappa shape index (κ2) is 5.53. The van der Waals surface area contributed by atoms with Crippen molar-refractivity contribution in [2.45, 2.75) is 20.8 Å². The first-order valence-electron chi connectivity index (χ1n) is 5.69. The number of nitrogens with zero attached hydrogens (tertiary/aromatic N) is 1. The second-order valence-electron chi connectivity index (χ2n) is 4.28. The van der Waals surface area contributed by atoms with Gasteiger partial charge in [0.15, 0.2) is 0 Å². The van der Waals surface area contributed by atoms with Gasteiger partial charge in [0.2, 0.25) is 0 Å². The molecule has 0 radical (unpaired) electrons. The Morgan fingerprint density at radius 1 is 1.47 bits per heavy atom. The van der Waals surface area contributed by atoms with Crippen LogP contribution in [0.15, 0.2) is 30.4 Å². The summed E-state index contributed by atoms with van der Waals surface area (Å²) >= 11 is 0. The summed E-state index contributed by atoms with van der Waals surface area (Å²) in [5.74, 6) is 0.0769. The standard InChI is InChI=1S/C14H19NO2/c1-5-15(9-10(2)3)14(17)12-7-6-11(4)13(16)8-12/h6-8,16H,2,5,9H2,1,3-4H3. The summed E-state index contributed by atoms with van der Waals surface area (Å²) in [4.78, 5) is 13.8. The minimum absolute atomic E-state index is 0.0780. The first kappa shape index (κ1) is 13.3. The molecular formula is C14H19NO2. The Balaban J connectivity index is 2.93. The molecule has 0 fully saturated rings. The molecule has 0 aliphatic carbocycles. The van der Waals surface area contributed by atoms with Gasteiger partial charge in [-0.1, -0.05) is 18.2 Å². The first-order chi connectivity index (χ1) is 7.95. The van der Waals surface area contributed by atoms with E-state index < -0.39 is 0 Å². The first-order valence-corrected chi connectivity index (χ1v) is 5.69. The number of likely N-dealkylation sites (N-methyl/N-ethyl adjacent to an activating group) is 1. The highest BCUT2D eigenvalue weighted by molar-refractivity contribution is 5.94. The van der Waals surface area contributed by atoms with Crippen LogP contribution in [0, 0.1) is 6.92 Å². The summed E-state index contributed by atoms with van der Waals surface area (Å²) in [7, 11) is 0. The van der Waals surface area contributed by atoms with E-state index in [-0.39, 0.29) is 11.7 Å². The fraction of sp³-hybridized carbons (Fsp3) is 0.357. The van der Waals surface area contributed by atoms with Gasteiger partial charge >= 0.3 is 0 Å². The van der Waals surface area contributed by atoms with Crippen LogP contribution in [0.2, 0.25) is 0 Å². The van der Waals surface area contributed by atoms with Crippen molar-refractivity contribution in [1.82, 2.24) is 4.90 Å². The SMILES string of the molecule is C=C(C)CN(CC)C(=O)c1ccc(C)c(O)c1. The number of amides is 1. The molecule has 0 heterocycles. The molecule has 0 aliphatic heterocycles. The Hall–Kier alpha value is -1.77. The molecule has 3 nitrogen and oxygen atoms in total. The van der Waals surface area contributed by atoms with Gasteiger partial charge in [0.25, 0.3) is 5.91 Å². The highest BCUT2D eigenvalue weighted by Crippen LogP contribution is 2.18. The van der Waals surface area contributed by atoms with Crippen molar-refractivity contribution in [1.29, 1.82) is 0 Å². The average molecular weight is 233 g/mol. The third-order valence-corrected chi connectivity index (χ3v) is 2.59. The normalized spacial score (nSPS) is 10.1. The molecule has 1 amide bonds. The molecule has 3 heteroatoms. The topological polar surface area (TPSA) is 40.5 Å². The lowest BCUT2D eigenvalue weighted by molar-refractivity contribution is 0.0778. The lowest BCUT2D eigenvalue weighted by Crippen LogP contribution is -2.32. The van der Waals surface area contributed by atoms with Crippen molar-refractivity contribution in [3.8, 4) is 5.75 Å². The summed E-state index contributed by atoms with van der Waals surface area (Å²) in [6.45, 7) is 10.6. The molecule has 1 aromatic carbocycles. The van der Waals surface area contributed by atoms with Gasteiger partial charge in [-0.2, -0.15) is 0 Å². The minimum atomic E-state index is -0.0780. The third-order valence-electron chi connectivity index (χ3n) is 2.59. The fourth-order valence-corrected chi connectivity index (χ4v) is 1.58. The van der Waals surface area contributed by atoms with E-state index in [0.29, 0.717) is 18.7 Å². The van der Waals surface area contributed by atoms with E-state index >= 15 is 0 Å². The number of hydrogen-bond acceptors (Lipinski definition) is 2. The molecule has 1 N–H and O–H groups in total. The number of rotatable bonds is 4. The van der Waals surface area contributed by atoms with Gasteiger partial charge in [0, 0.05) is 18.7 Å². The Morgan fingerprint density at radius 2 is 2.12 bits per heavy atom. The van der Waals surface area contributed by atoms with Crippen molar-refractivity contribution < 1.29 is 9.90 Å². The van der Waals surface area contributed by atoms with Crippen molar-refractivity contribution >= 4 is 5.91 Å². The quantitative estimate of drug-likeness (QED) is 0.812. The van der Waals surface area contributed by atoms with Crippen LogP contribution in [0.1, 0.15) is 29.8 Å². The summed E-state index contributed by atoms with van der Waals surface area (Å²) in [5.41, 5.74) is 2.22. The van der Waals surface area contributed by atoms with E-state index in [1.54, 1.807) is 24.0 Å². The predicted octanol–water partition coefficient (Wildman–Crippen LogP) is 2.74. The molecule has 0 spiro atoms. The summed E-state index contributed by atoms with van der Waals surface area (Å²) in [6.07, 6.45) is 0. The molecule has 0 aromatic heterocycles. The Labute approximate surface area is 102 Å². The van der Waals surface area contributed by atoms with Gasteiger partial charge < -0.3 is 10.0 Å². The zero-order chi connectivity index (χ0) is 13.0. The van der Waals surface area contributed by atoms with Gasteiger partial charge in [0.05, 0.1) is 0 Å². The number of hydrogen-bond donors (Lipinski definition) is 1. The van der Waals surface area contributed by atoms with Gasteiger partial charge in [-0.05, 0) is 38.5 Å². The van der Waals surface area contributed by atoms with Crippen molar-refractivity contribution in [2.24, 2.45) is 0 Å². The molecule has 92 valence electrons. The molecule has 1 aromatic rings. The molecule has 17 heavy (non-hydrogen) atoms. The van der Waals surface area contributed by atoms with E-state index in [1.165, 1.54) is 6.07 Å². The Kier molecular flexibility index (Phi) is 4.32. The van der Waals surface area contributed by atoms with Crippen molar-refractivity contribution in [3.05, 3.63) is 41.5 Å². The van der Waals surface area contributed by atoms with Crippen LogP contribution >= 0.6 is 0 Å².